The molecule has 1 aromatic carbocycles. The normalized spacial score (nSPS) is 10.8. The van der Waals surface area contributed by atoms with Gasteiger partial charge in [-0.1, -0.05) is 6.07 Å². The van der Waals surface area contributed by atoms with Crippen molar-refractivity contribution in [2.75, 3.05) is 11.6 Å². The fourth-order valence-electron chi connectivity index (χ4n) is 1.77. The van der Waals surface area contributed by atoms with Crippen molar-refractivity contribution in [3.8, 4) is 6.07 Å². The number of hydrogen-bond donors (Lipinski definition) is 2. The van der Waals surface area contributed by atoms with Crippen LogP contribution in [0.3, 0.4) is 0 Å². The van der Waals surface area contributed by atoms with Crippen LogP contribution in [0.4, 0.5) is 5.69 Å². The maximum absolute atomic E-state index is 11.0. The molecule has 0 aliphatic carbocycles. The molecule has 5 heteroatoms. The summed E-state index contributed by atoms with van der Waals surface area (Å²) in [5, 5.41) is 12.4. The quantitative estimate of drug-likeness (QED) is 0.799. The lowest BCUT2D eigenvalue weighted by molar-refractivity contribution is -0.118. The van der Waals surface area contributed by atoms with E-state index in [-0.39, 0.29) is 12.3 Å². The number of hydrogen-bond acceptors (Lipinski definition) is 4. The Bertz CT molecular complexity index is 491. The van der Waals surface area contributed by atoms with E-state index in [0.29, 0.717) is 5.56 Å². The Morgan fingerprint density at radius 1 is 1.56 bits per heavy atom. The predicted octanol–water partition coefficient (Wildman–Crippen LogP) is 2.35. The maximum Gasteiger partial charge on any atom is 0.219 e. The average Bonchev–Trinajstić information content (AvgIpc) is 2.26. The fraction of sp³-hybridized carbons (Fsp3) is 0.385. The highest BCUT2D eigenvalue weighted by Crippen LogP contribution is 2.28. The van der Waals surface area contributed by atoms with Crippen LogP contribution in [0.1, 0.15) is 25.8 Å². The molecular weight excluding hydrogens is 246 g/mol. The highest BCUT2D eigenvalue weighted by atomic mass is 32.2. The minimum atomic E-state index is -0.478. The smallest absolute Gasteiger partial charge is 0.219 e. The zero-order valence-corrected chi connectivity index (χ0v) is 11.6. The molecule has 0 aromatic heterocycles. The monoisotopic (exact) mass is 263 g/mol. The Morgan fingerprint density at radius 3 is 2.72 bits per heavy atom. The lowest BCUT2D eigenvalue weighted by atomic mass is 9.99. The van der Waals surface area contributed by atoms with Crippen molar-refractivity contribution in [2.24, 2.45) is 5.73 Å². The number of carbonyl (C=O) groups is 1. The Morgan fingerprint density at radius 2 is 2.22 bits per heavy atom. The van der Waals surface area contributed by atoms with Gasteiger partial charge in [0.15, 0.2) is 0 Å². The molecule has 4 nitrogen and oxygen atoms in total. The summed E-state index contributed by atoms with van der Waals surface area (Å²) in [6.45, 7) is 3.76. The number of nitriles is 1. The van der Waals surface area contributed by atoms with Crippen molar-refractivity contribution in [1.82, 2.24) is 0 Å². The van der Waals surface area contributed by atoms with Crippen LogP contribution in [-0.2, 0) is 4.79 Å². The first-order valence-corrected chi connectivity index (χ1v) is 6.75. The second kappa shape index (κ2) is 5.78. The van der Waals surface area contributed by atoms with Gasteiger partial charge >= 0.3 is 0 Å². The van der Waals surface area contributed by atoms with Crippen molar-refractivity contribution in [1.29, 1.82) is 5.26 Å². The van der Waals surface area contributed by atoms with Crippen LogP contribution in [0.25, 0.3) is 0 Å². The molecule has 0 aliphatic heterocycles. The lowest BCUT2D eigenvalue weighted by Crippen LogP contribution is -2.36. The third-order valence-corrected chi connectivity index (χ3v) is 3.23. The Balaban J connectivity index is 3.05. The number of amides is 1. The van der Waals surface area contributed by atoms with Gasteiger partial charge < -0.3 is 11.1 Å². The fourth-order valence-corrected chi connectivity index (χ4v) is 2.34. The molecule has 0 bridgehead atoms. The van der Waals surface area contributed by atoms with Gasteiger partial charge in [-0.15, -0.1) is 11.8 Å². The molecule has 0 atom stereocenters. The van der Waals surface area contributed by atoms with Crippen LogP contribution in [0.15, 0.2) is 23.1 Å². The van der Waals surface area contributed by atoms with Gasteiger partial charge in [0.2, 0.25) is 5.91 Å². The van der Waals surface area contributed by atoms with Crippen molar-refractivity contribution in [3.05, 3.63) is 23.8 Å². The summed E-state index contributed by atoms with van der Waals surface area (Å²) in [5.41, 5.74) is 6.06. The van der Waals surface area contributed by atoms with Gasteiger partial charge in [0.05, 0.1) is 11.3 Å². The first-order chi connectivity index (χ1) is 8.39. The SMILES string of the molecule is CSc1cccc(NC(C)(C)CC(N)=O)c1C#N. The van der Waals surface area contributed by atoms with Crippen LogP contribution < -0.4 is 11.1 Å². The van der Waals surface area contributed by atoms with Crippen molar-refractivity contribution >= 4 is 23.4 Å². The molecule has 0 heterocycles. The molecule has 0 saturated heterocycles. The minimum Gasteiger partial charge on any atom is -0.379 e. The summed E-state index contributed by atoms with van der Waals surface area (Å²) in [6.07, 6.45) is 2.13. The number of thioether (sulfide) groups is 1. The number of anilines is 1. The van der Waals surface area contributed by atoms with E-state index in [4.69, 9.17) is 5.73 Å². The molecule has 18 heavy (non-hydrogen) atoms. The molecule has 0 aliphatic rings. The van der Waals surface area contributed by atoms with Gasteiger partial charge in [-0.05, 0) is 32.2 Å². The van der Waals surface area contributed by atoms with Gasteiger partial charge in [-0.2, -0.15) is 5.26 Å². The molecule has 1 aromatic rings. The number of carbonyl (C=O) groups excluding carboxylic acids is 1. The molecule has 0 radical (unpaired) electrons. The van der Waals surface area contributed by atoms with Crippen LogP contribution in [0.2, 0.25) is 0 Å². The van der Waals surface area contributed by atoms with Gasteiger partial charge in [0.1, 0.15) is 6.07 Å². The molecule has 0 unspecified atom stereocenters. The second-order valence-corrected chi connectivity index (χ2v) is 5.49. The summed E-state index contributed by atoms with van der Waals surface area (Å²) in [5.74, 6) is -0.368. The Hall–Kier alpha value is -1.67. The van der Waals surface area contributed by atoms with Crippen LogP contribution in [-0.4, -0.2) is 17.7 Å². The summed E-state index contributed by atoms with van der Waals surface area (Å²) in [4.78, 5) is 11.9. The minimum absolute atomic E-state index is 0.210. The van der Waals surface area contributed by atoms with Gasteiger partial charge in [0, 0.05) is 16.9 Å². The first kappa shape index (κ1) is 14.4. The van der Waals surface area contributed by atoms with E-state index >= 15 is 0 Å². The highest BCUT2D eigenvalue weighted by molar-refractivity contribution is 7.98. The molecule has 96 valence electrons. The van der Waals surface area contributed by atoms with E-state index in [9.17, 15) is 10.1 Å². The Kier molecular flexibility index (Phi) is 4.62. The molecule has 1 rings (SSSR count). The van der Waals surface area contributed by atoms with E-state index < -0.39 is 5.54 Å². The highest BCUT2D eigenvalue weighted by Gasteiger charge is 2.22. The number of nitrogens with two attached hydrogens (primary N) is 1. The van der Waals surface area contributed by atoms with Crippen molar-refractivity contribution < 1.29 is 4.79 Å². The summed E-state index contributed by atoms with van der Waals surface area (Å²) < 4.78 is 0. The largest absolute Gasteiger partial charge is 0.379 e. The zero-order valence-electron chi connectivity index (χ0n) is 10.8. The molecule has 0 saturated carbocycles. The second-order valence-electron chi connectivity index (χ2n) is 4.65. The number of benzene rings is 1. The van der Waals surface area contributed by atoms with Gasteiger partial charge in [0.25, 0.3) is 0 Å². The number of nitrogens with zero attached hydrogens (tertiary/aromatic N) is 1. The zero-order chi connectivity index (χ0) is 13.8. The van der Waals surface area contributed by atoms with Crippen molar-refractivity contribution in [3.63, 3.8) is 0 Å². The third kappa shape index (κ3) is 3.67. The molecule has 0 spiro atoms. The summed E-state index contributed by atoms with van der Waals surface area (Å²) in [6, 6.07) is 7.81. The number of primary amides is 1. The first-order valence-electron chi connectivity index (χ1n) is 5.53. The molecular formula is C13H17N3OS. The van der Waals surface area contributed by atoms with E-state index in [0.717, 1.165) is 10.6 Å². The van der Waals surface area contributed by atoms with Gasteiger partial charge in [-0.25, -0.2) is 0 Å². The predicted molar refractivity (Wildman–Crippen MR) is 74.5 cm³/mol. The van der Waals surface area contributed by atoms with E-state index in [2.05, 4.69) is 11.4 Å². The lowest BCUT2D eigenvalue weighted by Gasteiger charge is -2.27. The van der Waals surface area contributed by atoms with Crippen LogP contribution in [0, 0.1) is 11.3 Å². The standard InChI is InChI=1S/C13H17N3OS/c1-13(2,7-12(15)17)16-10-5-4-6-11(18-3)9(10)8-14/h4-6,16H,7H2,1-3H3,(H2,15,17). The third-order valence-electron chi connectivity index (χ3n) is 2.45. The van der Waals surface area contributed by atoms with Gasteiger partial charge in [-0.3, -0.25) is 4.79 Å². The molecule has 3 N–H and O–H groups in total. The maximum atomic E-state index is 11.0. The summed E-state index contributed by atoms with van der Waals surface area (Å²) in [7, 11) is 0. The van der Waals surface area contributed by atoms with Crippen molar-refractivity contribution in [2.45, 2.75) is 30.7 Å². The number of rotatable bonds is 5. The molecule has 1 amide bonds. The van der Waals surface area contributed by atoms with E-state index in [1.165, 1.54) is 11.8 Å². The van der Waals surface area contributed by atoms with Crippen LogP contribution >= 0.6 is 11.8 Å². The summed E-state index contributed by atoms with van der Waals surface area (Å²) >= 11 is 1.52. The van der Waals surface area contributed by atoms with Crippen LogP contribution in [0.5, 0.6) is 0 Å². The topological polar surface area (TPSA) is 78.9 Å². The van der Waals surface area contributed by atoms with E-state index in [1.807, 2.05) is 38.3 Å². The number of nitrogens with one attached hydrogen (secondary N) is 1. The Labute approximate surface area is 112 Å². The average molecular weight is 263 g/mol. The van der Waals surface area contributed by atoms with E-state index in [1.54, 1.807) is 0 Å². The molecule has 0 fully saturated rings.